The molecule has 0 unspecified atom stereocenters. The summed E-state index contributed by atoms with van der Waals surface area (Å²) < 4.78 is 41.3. The van der Waals surface area contributed by atoms with Crippen molar-refractivity contribution in [2.75, 3.05) is 24.7 Å². The van der Waals surface area contributed by atoms with Gasteiger partial charge in [0.2, 0.25) is 0 Å². The molecular formula is C27H35F3N8OS. The van der Waals surface area contributed by atoms with E-state index in [0.717, 1.165) is 46.7 Å². The van der Waals surface area contributed by atoms with Gasteiger partial charge in [0, 0.05) is 38.2 Å². The second-order valence-electron chi connectivity index (χ2n) is 9.48. The molecule has 13 heteroatoms. The van der Waals surface area contributed by atoms with Crippen LogP contribution < -0.4 is 15.5 Å². The van der Waals surface area contributed by atoms with Crippen molar-refractivity contribution >= 4 is 46.7 Å². The van der Waals surface area contributed by atoms with Gasteiger partial charge in [-0.3, -0.25) is 4.79 Å². The Bertz CT molecular complexity index is 1290. The van der Waals surface area contributed by atoms with E-state index in [1.54, 1.807) is 38.9 Å². The Balaban J connectivity index is 2.08. The lowest BCUT2D eigenvalue weighted by Crippen LogP contribution is -2.42. The van der Waals surface area contributed by atoms with Gasteiger partial charge in [-0.25, -0.2) is 19.9 Å². The van der Waals surface area contributed by atoms with E-state index in [9.17, 15) is 18.0 Å². The Morgan fingerprint density at radius 3 is 2.52 bits per heavy atom. The molecule has 9 nitrogen and oxygen atoms in total. The first kappa shape index (κ1) is 31.1. The number of aliphatic imine (C=N–C) groups is 1. The molecule has 1 aliphatic rings. The van der Waals surface area contributed by atoms with Crippen LogP contribution in [0.25, 0.3) is 5.57 Å². The molecule has 2 aromatic rings. The number of thioether (sulfide) groups is 1. The number of aldehydes is 1. The van der Waals surface area contributed by atoms with Crippen LogP contribution in [0, 0.1) is 18.3 Å². The second-order valence-corrected chi connectivity index (χ2v) is 10.8. The zero-order chi connectivity index (χ0) is 29.6. The second kappa shape index (κ2) is 13.2. The number of aromatic nitrogens is 3. The number of rotatable bonds is 12. The van der Waals surface area contributed by atoms with Gasteiger partial charge in [-0.2, -0.15) is 13.2 Å². The molecule has 1 saturated carbocycles. The molecule has 2 aromatic heterocycles. The van der Waals surface area contributed by atoms with Crippen molar-refractivity contribution in [1.82, 2.24) is 25.6 Å². The minimum atomic E-state index is -4.55. The van der Waals surface area contributed by atoms with Crippen LogP contribution in [0.3, 0.4) is 0 Å². The van der Waals surface area contributed by atoms with E-state index in [1.807, 2.05) is 19.1 Å². The van der Waals surface area contributed by atoms with Crippen LogP contribution in [0.15, 0.2) is 34.0 Å². The van der Waals surface area contributed by atoms with Gasteiger partial charge in [-0.1, -0.05) is 13.0 Å². The Morgan fingerprint density at radius 2 is 2.02 bits per heavy atom. The molecular weight excluding hydrogens is 541 g/mol. The molecule has 1 fully saturated rings. The summed E-state index contributed by atoms with van der Waals surface area (Å²) in [4.78, 5) is 30.7. The molecule has 0 spiro atoms. The number of pyridine rings is 1. The SMILES string of the molecule is CCSc1ccc(CN/C(C=O)=N/c2c(C)nc(/C(C(C)=N)=C(/NC)C3CC3)nc2N(C)[C@@H](C)C(F)(F)F)cn1. The molecule has 2 heterocycles. The average Bonchev–Trinajstić information content (AvgIpc) is 3.75. The van der Waals surface area contributed by atoms with Crippen LogP contribution in [0.4, 0.5) is 24.7 Å². The number of carbonyl (C=O) groups excluding carboxylic acids is 1. The highest BCUT2D eigenvalue weighted by atomic mass is 32.2. The molecule has 0 amide bonds. The zero-order valence-electron chi connectivity index (χ0n) is 23.5. The lowest BCUT2D eigenvalue weighted by molar-refractivity contribution is -0.144. The van der Waals surface area contributed by atoms with Gasteiger partial charge in [-0.15, -0.1) is 11.8 Å². The fourth-order valence-electron chi connectivity index (χ4n) is 4.01. The van der Waals surface area contributed by atoms with Crippen molar-refractivity contribution < 1.29 is 18.0 Å². The molecule has 1 atom stereocenters. The summed E-state index contributed by atoms with van der Waals surface area (Å²) in [5.74, 6) is 1.05. The van der Waals surface area contributed by atoms with Crippen molar-refractivity contribution in [3.05, 3.63) is 41.1 Å². The number of amidine groups is 1. The Kier molecular flexibility index (Phi) is 10.3. The molecule has 3 N–H and O–H groups in total. The van der Waals surface area contributed by atoms with Gasteiger partial charge in [0.05, 0.1) is 16.3 Å². The van der Waals surface area contributed by atoms with E-state index in [0.29, 0.717) is 11.9 Å². The van der Waals surface area contributed by atoms with E-state index in [4.69, 9.17) is 5.41 Å². The number of nitrogens with one attached hydrogen (secondary N) is 3. The number of hydrogen-bond donors (Lipinski definition) is 3. The molecule has 0 aromatic carbocycles. The maximum absolute atomic E-state index is 13.8. The van der Waals surface area contributed by atoms with Crippen molar-refractivity contribution in [3.8, 4) is 0 Å². The first-order chi connectivity index (χ1) is 18.9. The van der Waals surface area contributed by atoms with Crippen LogP contribution >= 0.6 is 11.8 Å². The Morgan fingerprint density at radius 1 is 1.32 bits per heavy atom. The first-order valence-corrected chi connectivity index (χ1v) is 13.9. The maximum Gasteiger partial charge on any atom is 0.408 e. The summed E-state index contributed by atoms with van der Waals surface area (Å²) in [5, 5.41) is 15.3. The zero-order valence-corrected chi connectivity index (χ0v) is 24.3. The van der Waals surface area contributed by atoms with E-state index in [-0.39, 0.29) is 47.0 Å². The summed E-state index contributed by atoms with van der Waals surface area (Å²) in [5.41, 5.74) is 2.53. The summed E-state index contributed by atoms with van der Waals surface area (Å²) in [6.07, 6.45) is -0.478. The van der Waals surface area contributed by atoms with E-state index >= 15 is 0 Å². The monoisotopic (exact) mass is 576 g/mol. The van der Waals surface area contributed by atoms with Crippen molar-refractivity contribution in [3.63, 3.8) is 0 Å². The highest BCUT2D eigenvalue weighted by molar-refractivity contribution is 7.99. The summed E-state index contributed by atoms with van der Waals surface area (Å²) in [7, 11) is 3.02. The summed E-state index contributed by atoms with van der Waals surface area (Å²) in [6.45, 7) is 6.49. The smallest absolute Gasteiger partial charge is 0.391 e. The first-order valence-electron chi connectivity index (χ1n) is 12.9. The number of hydrogen-bond acceptors (Lipinski definition) is 9. The van der Waals surface area contributed by atoms with Crippen LogP contribution in [-0.4, -0.2) is 64.9 Å². The summed E-state index contributed by atoms with van der Waals surface area (Å²) in [6, 6.07) is 1.85. The fourth-order valence-corrected chi connectivity index (χ4v) is 4.60. The summed E-state index contributed by atoms with van der Waals surface area (Å²) >= 11 is 1.61. The van der Waals surface area contributed by atoms with Crippen LogP contribution in [0.2, 0.25) is 0 Å². The van der Waals surface area contributed by atoms with Gasteiger partial charge in [0.15, 0.2) is 23.8 Å². The highest BCUT2D eigenvalue weighted by Crippen LogP contribution is 2.40. The number of anilines is 1. The maximum atomic E-state index is 13.8. The van der Waals surface area contributed by atoms with Crippen molar-refractivity contribution in [2.24, 2.45) is 10.9 Å². The van der Waals surface area contributed by atoms with Gasteiger partial charge in [0.25, 0.3) is 0 Å². The molecule has 0 radical (unpaired) electrons. The van der Waals surface area contributed by atoms with Gasteiger partial charge in [0.1, 0.15) is 11.7 Å². The van der Waals surface area contributed by atoms with Crippen molar-refractivity contribution in [1.29, 1.82) is 5.41 Å². The van der Waals surface area contributed by atoms with E-state index < -0.39 is 12.2 Å². The Labute approximate surface area is 236 Å². The Hall–Kier alpha value is -3.48. The lowest BCUT2D eigenvalue weighted by Gasteiger charge is -2.29. The van der Waals surface area contributed by atoms with Crippen LogP contribution in [-0.2, 0) is 11.3 Å². The molecule has 1 aliphatic carbocycles. The number of carbonyl (C=O) groups is 1. The predicted octanol–water partition coefficient (Wildman–Crippen LogP) is 5.08. The number of nitrogens with zero attached hydrogens (tertiary/aromatic N) is 5. The third-order valence-corrected chi connectivity index (χ3v) is 7.28. The number of halogens is 3. The minimum absolute atomic E-state index is 0.0316. The predicted molar refractivity (Wildman–Crippen MR) is 153 cm³/mol. The quantitative estimate of drug-likeness (QED) is 0.139. The molecule has 3 rings (SSSR count). The minimum Gasteiger partial charge on any atom is -0.391 e. The van der Waals surface area contributed by atoms with E-state index in [2.05, 4.69) is 30.6 Å². The molecule has 0 saturated heterocycles. The van der Waals surface area contributed by atoms with Gasteiger partial charge >= 0.3 is 6.18 Å². The van der Waals surface area contributed by atoms with Gasteiger partial charge < -0.3 is 20.9 Å². The highest BCUT2D eigenvalue weighted by Gasteiger charge is 2.40. The molecule has 216 valence electrons. The van der Waals surface area contributed by atoms with Crippen LogP contribution in [0.5, 0.6) is 0 Å². The van der Waals surface area contributed by atoms with E-state index in [1.165, 1.54) is 7.05 Å². The normalized spacial score (nSPS) is 15.3. The average molecular weight is 577 g/mol. The number of aryl methyl sites for hydroxylation is 1. The fraction of sp³-hybridized carbons (Fsp3) is 0.481. The standard InChI is InChI=1S/C27H35F3N8OS/c1-7-40-21-11-8-18(13-34-21)12-33-20(14-39)36-23-16(3)35-25(22(15(2)31)24(32-5)19-9-10-19)37-26(23)38(6)17(4)27(28,29)30/h8,11,13-14,17,19,31-32H,7,9-10,12H2,1-6H3,(H,33,36)/b24-22+,31-15?/t17-/m0/s1. The van der Waals surface area contributed by atoms with Crippen molar-refractivity contribution in [2.45, 2.75) is 64.3 Å². The number of alkyl halides is 3. The number of allylic oxidation sites excluding steroid dienone is 2. The third kappa shape index (κ3) is 7.58. The molecule has 40 heavy (non-hydrogen) atoms. The molecule has 0 bridgehead atoms. The largest absolute Gasteiger partial charge is 0.408 e. The third-order valence-electron chi connectivity index (χ3n) is 6.46. The topological polar surface area (TPSA) is 119 Å². The molecule has 0 aliphatic heterocycles. The lowest BCUT2D eigenvalue weighted by atomic mass is 10.0. The van der Waals surface area contributed by atoms with Crippen LogP contribution in [0.1, 0.15) is 50.7 Å². The van der Waals surface area contributed by atoms with Gasteiger partial charge in [-0.05, 0) is 56.9 Å².